The Hall–Kier alpha value is -1.66. The van der Waals surface area contributed by atoms with Crippen LogP contribution in [0.1, 0.15) is 12.5 Å². The van der Waals surface area contributed by atoms with Gasteiger partial charge in [0, 0.05) is 16.7 Å². The average Bonchev–Trinajstić information content (AvgIpc) is 2.97. The van der Waals surface area contributed by atoms with Gasteiger partial charge >= 0.3 is 0 Å². The minimum atomic E-state index is -0.439. The number of thiophene rings is 1. The molecule has 0 radical (unpaired) electrons. The fourth-order valence-corrected chi connectivity index (χ4v) is 3.86. The number of H-pyrrole nitrogens is 1. The number of aromatic amines is 1. The van der Waals surface area contributed by atoms with Crippen LogP contribution in [0.3, 0.4) is 0 Å². The fraction of sp³-hybridized carbons (Fsp3) is 0.250. The summed E-state index contributed by atoms with van der Waals surface area (Å²) in [7, 11) is 0. The van der Waals surface area contributed by atoms with Crippen molar-refractivity contribution in [3.05, 3.63) is 45.6 Å². The number of nitrogens with zero attached hydrogens (tertiary/aromatic N) is 1. The molecule has 2 aromatic heterocycles. The molecule has 0 aliphatic rings. The molecule has 3 nitrogen and oxygen atoms in total. The Bertz CT molecular complexity index is 839. The van der Waals surface area contributed by atoms with Crippen LogP contribution in [0, 0.1) is 0 Å². The minimum absolute atomic E-state index is 0.165. The van der Waals surface area contributed by atoms with E-state index in [1.807, 2.05) is 17.5 Å². The standard InChI is InChI=1S/C16H15FN2OS2/c1-2-10-3-5-11(6-4-10)12-9-22-15-13(12)14(20)18-16(19-15)21-8-7-17/h3-6,9H,2,7-8H2,1H3,(H,18,19,20). The maximum Gasteiger partial charge on any atom is 0.260 e. The van der Waals surface area contributed by atoms with E-state index in [4.69, 9.17) is 0 Å². The molecule has 114 valence electrons. The van der Waals surface area contributed by atoms with E-state index in [0.29, 0.717) is 21.1 Å². The summed E-state index contributed by atoms with van der Waals surface area (Å²) >= 11 is 2.67. The predicted octanol–water partition coefficient (Wildman–Crippen LogP) is 4.28. The molecule has 0 atom stereocenters. The summed E-state index contributed by atoms with van der Waals surface area (Å²) in [5, 5.41) is 3.04. The van der Waals surface area contributed by atoms with E-state index in [2.05, 4.69) is 29.0 Å². The first-order valence-electron chi connectivity index (χ1n) is 7.02. The van der Waals surface area contributed by atoms with Crippen molar-refractivity contribution in [1.29, 1.82) is 0 Å². The van der Waals surface area contributed by atoms with Crippen LogP contribution >= 0.6 is 23.1 Å². The normalized spacial score (nSPS) is 11.2. The molecule has 0 bridgehead atoms. The molecule has 0 aliphatic carbocycles. The van der Waals surface area contributed by atoms with Crippen molar-refractivity contribution >= 4 is 33.3 Å². The van der Waals surface area contributed by atoms with E-state index in [1.54, 1.807) is 0 Å². The first-order valence-corrected chi connectivity index (χ1v) is 8.89. The summed E-state index contributed by atoms with van der Waals surface area (Å²) in [5.74, 6) is 0.297. The number of hydrogen-bond acceptors (Lipinski definition) is 4. The Kier molecular flexibility index (Phi) is 4.59. The van der Waals surface area contributed by atoms with Gasteiger partial charge in [-0.2, -0.15) is 0 Å². The van der Waals surface area contributed by atoms with E-state index in [-0.39, 0.29) is 5.56 Å². The average molecular weight is 334 g/mol. The van der Waals surface area contributed by atoms with Gasteiger partial charge in [-0.1, -0.05) is 43.0 Å². The highest BCUT2D eigenvalue weighted by molar-refractivity contribution is 7.99. The molecular weight excluding hydrogens is 319 g/mol. The minimum Gasteiger partial charge on any atom is -0.301 e. The third-order valence-electron chi connectivity index (χ3n) is 3.41. The molecule has 22 heavy (non-hydrogen) atoms. The molecule has 3 rings (SSSR count). The van der Waals surface area contributed by atoms with Crippen molar-refractivity contribution in [2.24, 2.45) is 0 Å². The van der Waals surface area contributed by atoms with E-state index in [1.165, 1.54) is 28.7 Å². The van der Waals surface area contributed by atoms with Crippen LogP contribution in [0.5, 0.6) is 0 Å². The monoisotopic (exact) mass is 334 g/mol. The van der Waals surface area contributed by atoms with E-state index in [9.17, 15) is 9.18 Å². The van der Waals surface area contributed by atoms with Crippen molar-refractivity contribution in [3.63, 3.8) is 0 Å². The highest BCUT2D eigenvalue weighted by Crippen LogP contribution is 2.31. The maximum atomic E-state index is 12.3. The zero-order chi connectivity index (χ0) is 15.5. The van der Waals surface area contributed by atoms with Gasteiger partial charge in [-0.15, -0.1) is 11.3 Å². The van der Waals surface area contributed by atoms with Gasteiger partial charge in [0.25, 0.3) is 5.56 Å². The second kappa shape index (κ2) is 6.62. The molecule has 1 N–H and O–H groups in total. The summed E-state index contributed by atoms with van der Waals surface area (Å²) < 4.78 is 12.2. The molecule has 0 spiro atoms. The Morgan fingerprint density at radius 2 is 2.09 bits per heavy atom. The lowest BCUT2D eigenvalue weighted by molar-refractivity contribution is 0.532. The first-order chi connectivity index (χ1) is 10.7. The molecule has 0 aliphatic heterocycles. The summed E-state index contributed by atoms with van der Waals surface area (Å²) in [5.41, 5.74) is 3.01. The maximum absolute atomic E-state index is 12.3. The summed E-state index contributed by atoms with van der Waals surface area (Å²) in [4.78, 5) is 20.2. The topological polar surface area (TPSA) is 45.8 Å². The highest BCUT2D eigenvalue weighted by Gasteiger charge is 2.13. The predicted molar refractivity (Wildman–Crippen MR) is 91.8 cm³/mol. The van der Waals surface area contributed by atoms with Crippen LogP contribution < -0.4 is 5.56 Å². The first kappa shape index (κ1) is 15.2. The number of benzene rings is 1. The molecule has 2 heterocycles. The van der Waals surface area contributed by atoms with Gasteiger partial charge in [-0.3, -0.25) is 9.18 Å². The number of aryl methyl sites for hydroxylation is 1. The molecule has 3 aromatic rings. The van der Waals surface area contributed by atoms with Crippen molar-refractivity contribution in [2.45, 2.75) is 18.5 Å². The SMILES string of the molecule is CCc1ccc(-c2csc3nc(SCCF)[nH]c(=O)c23)cc1. The number of fused-ring (bicyclic) bond motifs is 1. The van der Waals surface area contributed by atoms with Gasteiger partial charge in [0.05, 0.1) is 12.1 Å². The third kappa shape index (κ3) is 2.94. The summed E-state index contributed by atoms with van der Waals surface area (Å²) in [6.07, 6.45) is 0.988. The molecule has 0 unspecified atom stereocenters. The second-order valence-corrected chi connectivity index (χ2v) is 6.73. The van der Waals surface area contributed by atoms with Crippen LogP contribution in [0.2, 0.25) is 0 Å². The second-order valence-electron chi connectivity index (χ2n) is 4.79. The highest BCUT2D eigenvalue weighted by atomic mass is 32.2. The Balaban J connectivity index is 2.06. The van der Waals surface area contributed by atoms with Gasteiger partial charge in [0.1, 0.15) is 4.83 Å². The van der Waals surface area contributed by atoms with E-state index >= 15 is 0 Å². The van der Waals surface area contributed by atoms with Crippen molar-refractivity contribution < 1.29 is 4.39 Å². The van der Waals surface area contributed by atoms with Gasteiger partial charge in [0.15, 0.2) is 5.16 Å². The summed E-state index contributed by atoms with van der Waals surface area (Å²) in [6.45, 7) is 1.67. The Morgan fingerprint density at radius 1 is 1.32 bits per heavy atom. The zero-order valence-corrected chi connectivity index (χ0v) is 13.7. The molecule has 1 aromatic carbocycles. The quantitative estimate of drug-likeness (QED) is 0.560. The van der Waals surface area contributed by atoms with Crippen LogP contribution in [0.4, 0.5) is 4.39 Å². The third-order valence-corrected chi connectivity index (χ3v) is 5.11. The number of rotatable bonds is 5. The number of aromatic nitrogens is 2. The molecule has 0 saturated heterocycles. The molecular formula is C16H15FN2OS2. The number of thioether (sulfide) groups is 1. The van der Waals surface area contributed by atoms with E-state index < -0.39 is 6.67 Å². The number of alkyl halides is 1. The van der Waals surface area contributed by atoms with Crippen molar-refractivity contribution in [3.8, 4) is 11.1 Å². The van der Waals surface area contributed by atoms with Crippen LogP contribution in [-0.4, -0.2) is 22.4 Å². The fourth-order valence-electron chi connectivity index (χ4n) is 2.27. The lowest BCUT2D eigenvalue weighted by atomic mass is 10.0. The van der Waals surface area contributed by atoms with Gasteiger partial charge in [-0.25, -0.2) is 4.98 Å². The van der Waals surface area contributed by atoms with E-state index in [0.717, 1.165) is 17.5 Å². The molecule has 6 heteroatoms. The summed E-state index contributed by atoms with van der Waals surface area (Å²) in [6, 6.07) is 8.22. The van der Waals surface area contributed by atoms with Gasteiger partial charge in [-0.05, 0) is 17.5 Å². The molecule has 0 amide bonds. The lowest BCUT2D eigenvalue weighted by Crippen LogP contribution is -2.08. The molecule has 0 saturated carbocycles. The lowest BCUT2D eigenvalue weighted by Gasteiger charge is -2.02. The zero-order valence-electron chi connectivity index (χ0n) is 12.1. The largest absolute Gasteiger partial charge is 0.301 e. The van der Waals surface area contributed by atoms with Crippen LogP contribution in [0.15, 0.2) is 39.6 Å². The number of nitrogens with one attached hydrogen (secondary N) is 1. The van der Waals surface area contributed by atoms with Crippen LogP contribution in [-0.2, 0) is 6.42 Å². The van der Waals surface area contributed by atoms with Crippen molar-refractivity contribution in [1.82, 2.24) is 9.97 Å². The van der Waals surface area contributed by atoms with Gasteiger partial charge in [0.2, 0.25) is 0 Å². The Morgan fingerprint density at radius 3 is 2.77 bits per heavy atom. The number of halogens is 1. The number of hydrogen-bond donors (Lipinski definition) is 1. The molecule has 0 fully saturated rings. The smallest absolute Gasteiger partial charge is 0.260 e. The van der Waals surface area contributed by atoms with Crippen molar-refractivity contribution in [2.75, 3.05) is 12.4 Å². The van der Waals surface area contributed by atoms with Gasteiger partial charge < -0.3 is 4.98 Å². The van der Waals surface area contributed by atoms with Crippen LogP contribution in [0.25, 0.3) is 21.3 Å². The Labute approximate surface area is 135 Å².